The highest BCUT2D eigenvalue weighted by Gasteiger charge is 2.29. The van der Waals surface area contributed by atoms with Gasteiger partial charge in [-0.05, 0) is 31.5 Å². The molecule has 4 rings (SSSR count). The van der Waals surface area contributed by atoms with Gasteiger partial charge in [-0.3, -0.25) is 0 Å². The average molecular weight is 318 g/mol. The molecule has 0 bridgehead atoms. The largest absolute Gasteiger partial charge is 0.491 e. The summed E-state index contributed by atoms with van der Waals surface area (Å²) in [7, 11) is 0. The van der Waals surface area contributed by atoms with E-state index < -0.39 is 11.6 Å². The second-order valence-electron chi connectivity index (χ2n) is 5.70. The van der Waals surface area contributed by atoms with E-state index in [0.717, 1.165) is 12.0 Å². The van der Waals surface area contributed by atoms with E-state index in [0.29, 0.717) is 23.8 Å². The zero-order chi connectivity index (χ0) is 16.1. The fraction of sp³-hybridized carbons (Fsp3) is 0.333. The first kappa shape index (κ1) is 14.3. The molecule has 5 heteroatoms. The van der Waals surface area contributed by atoms with Crippen molar-refractivity contribution in [2.24, 2.45) is 0 Å². The van der Waals surface area contributed by atoms with E-state index in [2.05, 4.69) is 0 Å². The number of halogens is 2. The van der Waals surface area contributed by atoms with Crippen LogP contribution in [0.1, 0.15) is 25.8 Å². The van der Waals surface area contributed by atoms with Crippen molar-refractivity contribution in [1.29, 1.82) is 0 Å². The highest BCUT2D eigenvalue weighted by molar-refractivity contribution is 6.06. The van der Waals surface area contributed by atoms with Crippen molar-refractivity contribution in [3.63, 3.8) is 0 Å². The summed E-state index contributed by atoms with van der Waals surface area (Å²) in [5, 5.41) is 1.11. The number of furan rings is 1. The number of rotatable bonds is 3. The molecule has 0 aliphatic carbocycles. The summed E-state index contributed by atoms with van der Waals surface area (Å²) in [6.07, 6.45) is 1.45. The van der Waals surface area contributed by atoms with Crippen LogP contribution in [0.25, 0.3) is 21.9 Å². The molecule has 23 heavy (non-hydrogen) atoms. The van der Waals surface area contributed by atoms with E-state index in [4.69, 9.17) is 13.9 Å². The summed E-state index contributed by atoms with van der Waals surface area (Å²) in [6, 6.07) is 5.09. The Bertz CT molecular complexity index is 914. The molecule has 3 aromatic rings. The van der Waals surface area contributed by atoms with Crippen molar-refractivity contribution >= 4 is 21.9 Å². The van der Waals surface area contributed by atoms with Crippen LogP contribution >= 0.6 is 0 Å². The first-order valence-electron chi connectivity index (χ1n) is 7.79. The zero-order valence-electron chi connectivity index (χ0n) is 12.9. The Hall–Kier alpha value is -2.30. The minimum atomic E-state index is -0.604. The van der Waals surface area contributed by atoms with Crippen LogP contribution in [0.15, 0.2) is 22.6 Å². The van der Waals surface area contributed by atoms with Crippen LogP contribution in [-0.4, -0.2) is 12.7 Å². The van der Waals surface area contributed by atoms with Crippen molar-refractivity contribution in [3.8, 4) is 11.5 Å². The predicted octanol–water partition coefficient (Wildman–Crippen LogP) is 4.98. The topological polar surface area (TPSA) is 31.6 Å². The van der Waals surface area contributed by atoms with Gasteiger partial charge in [0.1, 0.15) is 6.10 Å². The predicted molar refractivity (Wildman–Crippen MR) is 83.2 cm³/mol. The van der Waals surface area contributed by atoms with Gasteiger partial charge in [0, 0.05) is 22.8 Å². The van der Waals surface area contributed by atoms with E-state index in [1.807, 2.05) is 13.0 Å². The van der Waals surface area contributed by atoms with Gasteiger partial charge in [-0.2, -0.15) is 8.78 Å². The van der Waals surface area contributed by atoms with Gasteiger partial charge in [-0.15, -0.1) is 0 Å². The Balaban J connectivity index is 1.98. The number of fused-ring (bicyclic) bond motifs is 4. The lowest BCUT2D eigenvalue weighted by Crippen LogP contribution is -2.10. The van der Waals surface area contributed by atoms with Crippen LogP contribution in [-0.2, 0) is 6.42 Å². The second-order valence-corrected chi connectivity index (χ2v) is 5.70. The van der Waals surface area contributed by atoms with E-state index in [1.165, 1.54) is 0 Å². The monoisotopic (exact) mass is 318 g/mol. The molecule has 1 unspecified atom stereocenters. The molecule has 1 aliphatic heterocycles. The molecule has 0 fully saturated rings. The van der Waals surface area contributed by atoms with E-state index >= 15 is 0 Å². The minimum absolute atomic E-state index is 0.0144. The fourth-order valence-electron chi connectivity index (χ4n) is 3.15. The Morgan fingerprint density at radius 3 is 2.65 bits per heavy atom. The summed E-state index contributed by atoms with van der Waals surface area (Å²) in [6.45, 7) is 4.12. The summed E-state index contributed by atoms with van der Waals surface area (Å²) in [5.41, 5.74) is 0.849. The molecule has 0 radical (unpaired) electrons. The van der Waals surface area contributed by atoms with Gasteiger partial charge in [0.05, 0.1) is 6.61 Å². The Morgan fingerprint density at radius 1 is 1.13 bits per heavy atom. The number of hydrogen-bond donors (Lipinski definition) is 0. The quantitative estimate of drug-likeness (QED) is 0.683. The standard InChI is InChI=1S/C18H16F2O3/c1-3-10-7-9-8-12-11-5-6-13(21-4-2)14(19)17(11)23-18(12)15(20)16(9)22-10/h5-6,8,10H,3-4,7H2,1-2H3. The van der Waals surface area contributed by atoms with Crippen LogP contribution in [0.4, 0.5) is 8.78 Å². The van der Waals surface area contributed by atoms with Crippen molar-refractivity contribution in [2.75, 3.05) is 6.61 Å². The van der Waals surface area contributed by atoms with Gasteiger partial charge in [0.25, 0.3) is 0 Å². The molecule has 1 aliphatic rings. The molecule has 0 saturated carbocycles. The number of hydrogen-bond acceptors (Lipinski definition) is 3. The maximum absolute atomic E-state index is 14.7. The maximum Gasteiger partial charge on any atom is 0.208 e. The van der Waals surface area contributed by atoms with Crippen molar-refractivity contribution in [1.82, 2.24) is 0 Å². The molecule has 1 aromatic heterocycles. The minimum Gasteiger partial charge on any atom is -0.491 e. The molecular weight excluding hydrogens is 302 g/mol. The van der Waals surface area contributed by atoms with E-state index in [9.17, 15) is 8.78 Å². The van der Waals surface area contributed by atoms with Gasteiger partial charge >= 0.3 is 0 Å². The van der Waals surface area contributed by atoms with E-state index in [1.54, 1.807) is 19.1 Å². The molecular formula is C18H16F2O3. The third kappa shape index (κ3) is 1.99. The lowest BCUT2D eigenvalue weighted by atomic mass is 10.0. The molecule has 0 spiro atoms. The molecule has 120 valence electrons. The highest BCUT2D eigenvalue weighted by atomic mass is 19.1. The van der Waals surface area contributed by atoms with Gasteiger partial charge in [0.2, 0.25) is 11.6 Å². The Labute approximate surface area is 131 Å². The van der Waals surface area contributed by atoms with Crippen LogP contribution < -0.4 is 9.47 Å². The van der Waals surface area contributed by atoms with Crippen molar-refractivity contribution < 1.29 is 22.7 Å². The lowest BCUT2D eigenvalue weighted by Gasteiger charge is -2.06. The lowest BCUT2D eigenvalue weighted by molar-refractivity contribution is 0.220. The molecule has 2 aromatic carbocycles. The van der Waals surface area contributed by atoms with Gasteiger partial charge < -0.3 is 13.9 Å². The first-order valence-corrected chi connectivity index (χ1v) is 7.79. The van der Waals surface area contributed by atoms with Crippen molar-refractivity contribution in [3.05, 3.63) is 35.4 Å². The van der Waals surface area contributed by atoms with Crippen LogP contribution in [0.3, 0.4) is 0 Å². The summed E-state index contributed by atoms with van der Waals surface area (Å²) >= 11 is 0. The SMILES string of the molecule is CCOc1ccc2c(oc3c(F)c4c(cc32)CC(CC)O4)c1F. The van der Waals surface area contributed by atoms with E-state index in [-0.39, 0.29) is 28.8 Å². The summed E-state index contributed by atoms with van der Waals surface area (Å²) in [4.78, 5) is 0. The molecule has 2 heterocycles. The normalized spacial score (nSPS) is 16.8. The van der Waals surface area contributed by atoms with Gasteiger partial charge in [0.15, 0.2) is 22.7 Å². The van der Waals surface area contributed by atoms with Gasteiger partial charge in [-0.25, -0.2) is 0 Å². The van der Waals surface area contributed by atoms with Crippen LogP contribution in [0, 0.1) is 11.6 Å². The second kappa shape index (κ2) is 5.11. The Morgan fingerprint density at radius 2 is 1.91 bits per heavy atom. The molecule has 1 atom stereocenters. The summed E-state index contributed by atoms with van der Waals surface area (Å²) in [5.74, 6) is -0.822. The third-order valence-electron chi connectivity index (χ3n) is 4.30. The average Bonchev–Trinajstić information content (AvgIpc) is 3.13. The maximum atomic E-state index is 14.7. The number of ether oxygens (including phenoxy) is 2. The van der Waals surface area contributed by atoms with Crippen LogP contribution in [0.2, 0.25) is 0 Å². The Kier molecular flexibility index (Phi) is 3.18. The summed E-state index contributed by atoms with van der Waals surface area (Å²) < 4.78 is 45.5. The molecule has 3 nitrogen and oxygen atoms in total. The fourth-order valence-corrected chi connectivity index (χ4v) is 3.15. The van der Waals surface area contributed by atoms with Crippen LogP contribution in [0.5, 0.6) is 11.5 Å². The molecule has 0 amide bonds. The third-order valence-corrected chi connectivity index (χ3v) is 4.30. The zero-order valence-corrected chi connectivity index (χ0v) is 12.9. The molecule has 0 N–H and O–H groups in total. The number of benzene rings is 2. The smallest absolute Gasteiger partial charge is 0.208 e. The highest BCUT2D eigenvalue weighted by Crippen LogP contribution is 2.42. The van der Waals surface area contributed by atoms with Crippen molar-refractivity contribution in [2.45, 2.75) is 32.8 Å². The molecule has 0 saturated heterocycles. The van der Waals surface area contributed by atoms with Gasteiger partial charge in [-0.1, -0.05) is 6.92 Å². The first-order chi connectivity index (χ1) is 11.1.